The summed E-state index contributed by atoms with van der Waals surface area (Å²) < 4.78 is 22.7. The van der Waals surface area contributed by atoms with Crippen LogP contribution in [0.3, 0.4) is 0 Å². The minimum atomic E-state index is -0.301. The summed E-state index contributed by atoms with van der Waals surface area (Å²) >= 11 is 2.28. The molecule has 2 saturated heterocycles. The van der Waals surface area contributed by atoms with Gasteiger partial charge in [-0.2, -0.15) is 0 Å². The van der Waals surface area contributed by atoms with E-state index in [1.54, 1.807) is 0 Å². The Morgan fingerprint density at radius 3 is 1.77 bits per heavy atom. The van der Waals surface area contributed by atoms with Gasteiger partial charge < -0.3 is 18.9 Å². The molecule has 5 heteroatoms. The van der Waals surface area contributed by atoms with E-state index in [0.29, 0.717) is 13.2 Å². The van der Waals surface area contributed by atoms with Crippen molar-refractivity contribution in [2.24, 2.45) is 0 Å². The monoisotopic (exact) mass is 528 g/mol. The van der Waals surface area contributed by atoms with Crippen molar-refractivity contribution in [1.82, 2.24) is 0 Å². The van der Waals surface area contributed by atoms with Crippen LogP contribution in [-0.4, -0.2) is 36.1 Å². The molecule has 31 heavy (non-hydrogen) atoms. The zero-order valence-electron chi connectivity index (χ0n) is 17.4. The maximum atomic E-state index is 5.89. The second-order valence-corrected chi connectivity index (χ2v) is 9.37. The van der Waals surface area contributed by atoms with Gasteiger partial charge in [0.15, 0.2) is 0 Å². The average Bonchev–Trinajstić information content (AvgIpc) is 3.75. The number of epoxide rings is 2. The van der Waals surface area contributed by atoms with Gasteiger partial charge in [-0.05, 0) is 70.5 Å². The van der Waals surface area contributed by atoms with Crippen LogP contribution in [0, 0.1) is 0 Å². The highest BCUT2D eigenvalue weighted by molar-refractivity contribution is 14.1. The molecule has 0 bridgehead atoms. The summed E-state index contributed by atoms with van der Waals surface area (Å²) in [6, 6.07) is 27.4. The molecule has 2 aliphatic rings. The van der Waals surface area contributed by atoms with Crippen LogP contribution in [0.1, 0.15) is 23.6 Å². The van der Waals surface area contributed by atoms with Crippen LogP contribution in [0.5, 0.6) is 11.5 Å². The molecular weight excluding hydrogens is 503 g/mol. The molecule has 4 unspecified atom stereocenters. The molecular formula is C26H25IO4. The molecule has 2 aliphatic heterocycles. The third kappa shape index (κ3) is 4.73. The van der Waals surface area contributed by atoms with Crippen molar-refractivity contribution in [3.63, 3.8) is 0 Å². The highest BCUT2D eigenvalue weighted by Crippen LogP contribution is 2.40. The number of halogens is 1. The van der Waals surface area contributed by atoms with Crippen molar-refractivity contribution < 1.29 is 18.9 Å². The topological polar surface area (TPSA) is 43.5 Å². The Morgan fingerprint density at radius 1 is 0.806 bits per heavy atom. The zero-order valence-corrected chi connectivity index (χ0v) is 19.5. The lowest BCUT2D eigenvalue weighted by molar-refractivity contribution is 0.262. The Morgan fingerprint density at radius 2 is 1.29 bits per heavy atom. The molecule has 4 nitrogen and oxygen atoms in total. The third-order valence-electron chi connectivity index (χ3n) is 5.99. The van der Waals surface area contributed by atoms with E-state index in [9.17, 15) is 0 Å². The number of ether oxygens (including phenoxy) is 4. The lowest BCUT2D eigenvalue weighted by Gasteiger charge is -2.32. The second-order valence-electron chi connectivity index (χ2n) is 8.14. The highest BCUT2D eigenvalue weighted by Gasteiger charge is 2.37. The first-order valence-corrected chi connectivity index (χ1v) is 11.8. The van der Waals surface area contributed by atoms with Crippen molar-refractivity contribution in [1.29, 1.82) is 0 Å². The van der Waals surface area contributed by atoms with Gasteiger partial charge in [0.2, 0.25) is 0 Å². The maximum Gasteiger partial charge on any atom is 0.138 e. The van der Waals surface area contributed by atoms with Crippen LogP contribution >= 0.6 is 22.6 Å². The summed E-state index contributed by atoms with van der Waals surface area (Å²) in [6.07, 6.45) is 0.464. The van der Waals surface area contributed by atoms with Crippen LogP contribution in [0.2, 0.25) is 0 Å². The molecule has 0 saturated carbocycles. The van der Waals surface area contributed by atoms with Crippen molar-refractivity contribution in [3.05, 3.63) is 95.6 Å². The number of hydrogen-bond acceptors (Lipinski definition) is 4. The van der Waals surface area contributed by atoms with Crippen LogP contribution in [0.15, 0.2) is 78.9 Å². The van der Waals surface area contributed by atoms with Gasteiger partial charge in [0, 0.05) is 5.41 Å². The Hall–Kier alpha value is -2.09. The molecule has 2 fully saturated rings. The minimum Gasteiger partial charge on any atom is -0.491 e. The predicted octanol–water partition coefficient (Wildman–Crippen LogP) is 5.36. The number of hydrogen-bond donors (Lipinski definition) is 0. The van der Waals surface area contributed by atoms with Gasteiger partial charge in [-0.3, -0.25) is 0 Å². The molecule has 3 aromatic carbocycles. The average molecular weight is 528 g/mol. The molecule has 0 aromatic heterocycles. The fraction of sp³-hybridized carbons (Fsp3) is 0.308. The van der Waals surface area contributed by atoms with E-state index in [2.05, 4.69) is 84.1 Å². The summed E-state index contributed by atoms with van der Waals surface area (Å²) in [5.74, 6) is 1.73. The largest absolute Gasteiger partial charge is 0.491 e. The van der Waals surface area contributed by atoms with Crippen molar-refractivity contribution in [2.45, 2.75) is 28.7 Å². The lowest BCUT2D eigenvalue weighted by Crippen LogP contribution is -2.25. The van der Waals surface area contributed by atoms with Crippen molar-refractivity contribution in [2.75, 3.05) is 19.8 Å². The summed E-state index contributed by atoms with van der Waals surface area (Å²) in [6.45, 7) is 4.28. The van der Waals surface area contributed by atoms with Crippen LogP contribution in [-0.2, 0) is 14.9 Å². The van der Waals surface area contributed by atoms with Crippen molar-refractivity contribution >= 4 is 22.6 Å². The van der Waals surface area contributed by atoms with Crippen LogP contribution < -0.4 is 9.47 Å². The van der Waals surface area contributed by atoms with Crippen LogP contribution in [0.4, 0.5) is 0 Å². The van der Waals surface area contributed by atoms with Gasteiger partial charge in [0.05, 0.1) is 6.61 Å². The van der Waals surface area contributed by atoms with E-state index in [4.69, 9.17) is 18.9 Å². The summed E-state index contributed by atoms with van der Waals surface area (Å²) in [4.78, 5) is 0. The summed E-state index contributed by atoms with van der Waals surface area (Å²) in [7, 11) is 0. The molecule has 2 heterocycles. The fourth-order valence-electron chi connectivity index (χ4n) is 3.81. The molecule has 0 spiro atoms. The fourth-order valence-corrected chi connectivity index (χ4v) is 4.39. The van der Waals surface area contributed by atoms with Crippen molar-refractivity contribution in [3.8, 4) is 11.5 Å². The third-order valence-corrected chi connectivity index (χ3v) is 7.08. The van der Waals surface area contributed by atoms with Gasteiger partial charge in [0.25, 0.3) is 0 Å². The second kappa shape index (κ2) is 8.81. The van der Waals surface area contributed by atoms with Gasteiger partial charge >= 0.3 is 0 Å². The zero-order chi connectivity index (χ0) is 21.3. The number of alkyl halides is 1. The van der Waals surface area contributed by atoms with Gasteiger partial charge in [-0.15, -0.1) is 0 Å². The Kier molecular flexibility index (Phi) is 5.91. The van der Waals surface area contributed by atoms with Gasteiger partial charge in [-0.25, -0.2) is 0 Å². The quantitative estimate of drug-likeness (QED) is 0.163. The number of rotatable bonds is 9. The molecule has 5 rings (SSSR count). The summed E-state index contributed by atoms with van der Waals surface area (Å²) in [5.41, 5.74) is 3.36. The Labute approximate surface area is 196 Å². The molecule has 0 radical (unpaired) electrons. The smallest absolute Gasteiger partial charge is 0.138 e. The molecule has 0 amide bonds. The minimum absolute atomic E-state index is 0.210. The maximum absolute atomic E-state index is 5.89. The Bertz CT molecular complexity index is 1000. The summed E-state index contributed by atoms with van der Waals surface area (Å²) in [5, 5.41) is 0. The standard InChI is InChI=1S/C26H25IO4/c1-26(18-5-3-2-4-6-18,19-7-11-21(12-8-19)28-15-23-16-29-23)20-9-13-22(14-10-20)30-17-24-25(27)31-24/h2-14,23-25H,15-17H2,1H3. The lowest BCUT2D eigenvalue weighted by atomic mass is 9.71. The van der Waals surface area contributed by atoms with Gasteiger partial charge in [-0.1, -0.05) is 54.6 Å². The van der Waals surface area contributed by atoms with E-state index in [1.165, 1.54) is 16.7 Å². The molecule has 160 valence electrons. The predicted molar refractivity (Wildman–Crippen MR) is 128 cm³/mol. The van der Waals surface area contributed by atoms with E-state index >= 15 is 0 Å². The van der Waals surface area contributed by atoms with E-state index in [-0.39, 0.29) is 21.7 Å². The SMILES string of the molecule is CC(c1ccccc1)(c1ccc(OCC2CO2)cc1)c1ccc(OCC2OC2I)cc1. The molecule has 3 aromatic rings. The first-order valence-electron chi connectivity index (χ1n) is 10.6. The van der Waals surface area contributed by atoms with Crippen LogP contribution in [0.25, 0.3) is 0 Å². The van der Waals surface area contributed by atoms with E-state index in [1.807, 2.05) is 24.3 Å². The van der Waals surface area contributed by atoms with Gasteiger partial charge in [0.1, 0.15) is 41.0 Å². The molecule has 4 atom stereocenters. The first kappa shape index (κ1) is 20.8. The first-order chi connectivity index (χ1) is 15.1. The highest BCUT2D eigenvalue weighted by atomic mass is 127. The molecule has 0 N–H and O–H groups in total. The number of benzene rings is 3. The normalized spacial score (nSPS) is 23.6. The van der Waals surface area contributed by atoms with E-state index in [0.717, 1.165) is 18.1 Å². The molecule has 0 aliphatic carbocycles. The Balaban J connectivity index is 1.40. The van der Waals surface area contributed by atoms with E-state index < -0.39 is 0 Å².